The number of nitrogens with two attached hydrogens (primary N) is 1. The van der Waals surface area contributed by atoms with Gasteiger partial charge < -0.3 is 5.73 Å². The van der Waals surface area contributed by atoms with Gasteiger partial charge in [-0.2, -0.15) is 0 Å². The summed E-state index contributed by atoms with van der Waals surface area (Å²) < 4.78 is 0. The van der Waals surface area contributed by atoms with E-state index in [4.69, 9.17) is 16.6 Å². The van der Waals surface area contributed by atoms with Gasteiger partial charge in [-0.3, -0.25) is 15.8 Å². The van der Waals surface area contributed by atoms with Gasteiger partial charge in [-0.25, -0.2) is 0 Å². The molecule has 1 aromatic heterocycles. The fraction of sp³-hybridized carbons (Fsp3) is 0. The fourth-order valence-electron chi connectivity index (χ4n) is 8.37. The van der Waals surface area contributed by atoms with Crippen LogP contribution in [-0.4, -0.2) is 16.4 Å². The summed E-state index contributed by atoms with van der Waals surface area (Å²) in [5.74, 6) is 0. The van der Waals surface area contributed by atoms with Crippen LogP contribution in [0.2, 0.25) is 0 Å². The Balaban J connectivity index is 0.000000293. The molecular formula is C57H40N4. The molecule has 9 aromatic carbocycles. The van der Waals surface area contributed by atoms with Gasteiger partial charge in [0, 0.05) is 23.7 Å². The molecule has 0 unspecified atom stereocenters. The summed E-state index contributed by atoms with van der Waals surface area (Å²) in [7, 11) is 0. The largest absolute Gasteiger partial charge is 0.399 e. The van der Waals surface area contributed by atoms with Crippen LogP contribution in [-0.2, 0) is 0 Å². The summed E-state index contributed by atoms with van der Waals surface area (Å²) in [6, 6.07) is 67.8. The van der Waals surface area contributed by atoms with E-state index in [1.807, 2.05) is 48.7 Å². The van der Waals surface area contributed by atoms with Crippen LogP contribution in [0.4, 0.5) is 5.69 Å². The van der Waals surface area contributed by atoms with Crippen molar-refractivity contribution in [3.05, 3.63) is 230 Å². The average molecular weight is 781 g/mol. The first-order chi connectivity index (χ1) is 29.9. The van der Waals surface area contributed by atoms with Gasteiger partial charge in [-0.1, -0.05) is 152 Å². The highest BCUT2D eigenvalue weighted by atomic mass is 14.6. The molecule has 0 bridgehead atoms. The molecule has 1 aliphatic rings. The van der Waals surface area contributed by atoms with Crippen LogP contribution in [0.15, 0.2) is 219 Å². The van der Waals surface area contributed by atoms with E-state index < -0.39 is 0 Å². The minimum absolute atomic E-state index is 0.223. The van der Waals surface area contributed by atoms with Crippen LogP contribution in [0.25, 0.3) is 87.6 Å². The van der Waals surface area contributed by atoms with Gasteiger partial charge in [0.1, 0.15) is 0 Å². The number of hydrogen-bond donors (Lipinski definition) is 3. The monoisotopic (exact) mass is 780 g/mol. The van der Waals surface area contributed by atoms with Gasteiger partial charge in [0.05, 0.1) is 11.4 Å². The molecule has 0 atom stereocenters. The van der Waals surface area contributed by atoms with Crippen LogP contribution in [0.1, 0.15) is 11.1 Å². The van der Waals surface area contributed by atoms with E-state index in [-0.39, 0.29) is 11.4 Å². The van der Waals surface area contributed by atoms with Crippen molar-refractivity contribution in [1.82, 2.24) is 4.98 Å². The molecule has 288 valence electrons. The van der Waals surface area contributed by atoms with Crippen LogP contribution >= 0.6 is 0 Å². The molecule has 10 aromatic rings. The number of pyridine rings is 1. The second kappa shape index (κ2) is 15.9. The molecule has 1 heterocycles. The summed E-state index contributed by atoms with van der Waals surface area (Å²) in [5, 5.41) is 27.1. The van der Waals surface area contributed by atoms with E-state index in [1.54, 1.807) is 6.20 Å². The van der Waals surface area contributed by atoms with E-state index in [2.05, 4.69) is 169 Å². The quantitative estimate of drug-likeness (QED) is 0.120. The highest BCUT2D eigenvalue weighted by Crippen LogP contribution is 2.36. The number of rotatable bonds is 5. The number of allylic oxidation sites excluding steroid dienone is 4. The van der Waals surface area contributed by atoms with Gasteiger partial charge in [0.15, 0.2) is 0 Å². The van der Waals surface area contributed by atoms with Crippen LogP contribution in [0.5, 0.6) is 0 Å². The zero-order valence-electron chi connectivity index (χ0n) is 33.3. The summed E-state index contributed by atoms with van der Waals surface area (Å²) >= 11 is 0. The van der Waals surface area contributed by atoms with Crippen molar-refractivity contribution < 1.29 is 0 Å². The molecule has 0 saturated heterocycles. The zero-order valence-corrected chi connectivity index (χ0v) is 33.3. The molecule has 4 N–H and O–H groups in total. The van der Waals surface area contributed by atoms with Gasteiger partial charge in [0.25, 0.3) is 0 Å². The molecule has 0 saturated carbocycles. The number of fused-ring (bicyclic) bond motifs is 4. The number of benzene rings is 9. The van der Waals surface area contributed by atoms with Crippen molar-refractivity contribution in [2.45, 2.75) is 0 Å². The number of anilines is 1. The van der Waals surface area contributed by atoms with Crippen molar-refractivity contribution in [3.8, 4) is 33.4 Å². The molecular weight excluding hydrogens is 741 g/mol. The van der Waals surface area contributed by atoms with Crippen molar-refractivity contribution in [3.63, 3.8) is 0 Å². The molecule has 4 heteroatoms. The lowest BCUT2D eigenvalue weighted by Gasteiger charge is -2.18. The minimum atomic E-state index is 0.223. The van der Waals surface area contributed by atoms with E-state index in [1.165, 1.54) is 49.2 Å². The molecule has 0 aliphatic heterocycles. The summed E-state index contributed by atoms with van der Waals surface area (Å²) in [6.07, 6.45) is 7.49. The van der Waals surface area contributed by atoms with Gasteiger partial charge >= 0.3 is 0 Å². The molecule has 61 heavy (non-hydrogen) atoms. The second-order valence-corrected chi connectivity index (χ2v) is 15.4. The zero-order chi connectivity index (χ0) is 41.3. The topological polar surface area (TPSA) is 86.6 Å². The van der Waals surface area contributed by atoms with Crippen LogP contribution in [0, 0.1) is 10.8 Å². The molecule has 0 fully saturated rings. The third-order valence-electron chi connectivity index (χ3n) is 11.6. The Morgan fingerprint density at radius 3 is 1.44 bits per heavy atom. The normalized spacial score (nSPS) is 12.6. The fourth-order valence-corrected chi connectivity index (χ4v) is 8.37. The van der Waals surface area contributed by atoms with Gasteiger partial charge in [0.2, 0.25) is 0 Å². The lowest BCUT2D eigenvalue weighted by atomic mass is 9.86. The highest BCUT2D eigenvalue weighted by Gasteiger charge is 2.19. The minimum Gasteiger partial charge on any atom is -0.399 e. The maximum atomic E-state index is 8.83. The Labute approximate surface area is 354 Å². The van der Waals surface area contributed by atoms with Gasteiger partial charge in [-0.05, 0) is 148 Å². The predicted molar refractivity (Wildman–Crippen MR) is 259 cm³/mol. The summed E-state index contributed by atoms with van der Waals surface area (Å²) in [6.45, 7) is 0. The van der Waals surface area contributed by atoms with Crippen LogP contribution in [0.3, 0.4) is 0 Å². The third kappa shape index (κ3) is 7.39. The van der Waals surface area contributed by atoms with Crippen molar-refractivity contribution in [2.75, 3.05) is 5.73 Å². The molecule has 0 spiro atoms. The maximum Gasteiger partial charge on any atom is 0.0867 e. The first kappa shape index (κ1) is 37.1. The molecule has 0 radical (unpaired) electrons. The number of nitrogens with zero attached hydrogens (tertiary/aromatic N) is 1. The van der Waals surface area contributed by atoms with Crippen molar-refractivity contribution in [2.24, 2.45) is 0 Å². The van der Waals surface area contributed by atoms with Crippen molar-refractivity contribution in [1.29, 1.82) is 10.8 Å². The molecule has 11 rings (SSSR count). The smallest absolute Gasteiger partial charge is 0.0867 e. The Morgan fingerprint density at radius 2 is 0.869 bits per heavy atom. The van der Waals surface area contributed by atoms with Crippen LogP contribution < -0.4 is 5.73 Å². The molecule has 1 aliphatic carbocycles. The lowest BCUT2D eigenvalue weighted by Crippen LogP contribution is -2.15. The maximum absolute atomic E-state index is 8.83. The van der Waals surface area contributed by atoms with E-state index in [9.17, 15) is 0 Å². The second-order valence-electron chi connectivity index (χ2n) is 15.4. The summed E-state index contributed by atoms with van der Waals surface area (Å²) in [4.78, 5) is 4.05. The summed E-state index contributed by atoms with van der Waals surface area (Å²) in [5.41, 5.74) is 17.6. The standard InChI is InChI=1S/C46H30N2.C11H10N2/c47-45-28-39(35-16-15-32-24-36(20-17-31(32)23-35)42-13-5-9-29-7-1-3-11-40(29)42)27-44(46(45)48)38-22-19-33-25-37(21-18-34(33)26-38)43-14-6-10-30-8-2-4-12-41(30)43;12-11-5-3-9(4-6-11)10-2-1-7-13-8-10/h1-28,47-48H;1-8H,12H2. The number of nitrogen functional groups attached to an aromatic ring is 1. The Bertz CT molecular complexity index is 3380. The Hall–Kier alpha value is -8.21. The Kier molecular flexibility index (Phi) is 9.64. The predicted octanol–water partition coefficient (Wildman–Crippen LogP) is 14.5. The molecule has 0 amide bonds. The van der Waals surface area contributed by atoms with E-state index in [0.29, 0.717) is 0 Å². The third-order valence-corrected chi connectivity index (χ3v) is 11.6. The van der Waals surface area contributed by atoms with E-state index in [0.717, 1.165) is 55.2 Å². The Morgan fingerprint density at radius 1 is 0.377 bits per heavy atom. The first-order valence-corrected chi connectivity index (χ1v) is 20.4. The SMILES string of the molecule is N=C1C=C(c2ccc3cc(-c4cccc5ccccc45)ccc3c2)C=C(c2ccc3cc(-c4cccc5ccccc45)ccc3c2)C1=N.Nc1ccc(-c2cccnc2)cc1. The van der Waals surface area contributed by atoms with Gasteiger partial charge in [-0.15, -0.1) is 0 Å². The molecule has 4 nitrogen and oxygen atoms in total. The number of aromatic nitrogens is 1. The first-order valence-electron chi connectivity index (χ1n) is 20.4. The van der Waals surface area contributed by atoms with E-state index >= 15 is 0 Å². The van der Waals surface area contributed by atoms with Crippen molar-refractivity contribution >= 4 is 71.3 Å². The highest BCUT2D eigenvalue weighted by molar-refractivity contribution is 6.61. The average Bonchev–Trinajstić information content (AvgIpc) is 3.32. The number of nitrogens with one attached hydrogen (secondary N) is 2. The lowest BCUT2D eigenvalue weighted by molar-refractivity contribution is 1.33. The number of hydrogen-bond acceptors (Lipinski definition) is 4.